The van der Waals surface area contributed by atoms with E-state index < -0.39 is 0 Å². The number of aryl methyl sites for hydroxylation is 1. The predicted octanol–water partition coefficient (Wildman–Crippen LogP) is 3.53. The smallest absolute Gasteiger partial charge is 0.136 e. The van der Waals surface area contributed by atoms with Crippen LogP contribution < -0.4 is 0 Å². The first-order chi connectivity index (χ1) is 7.70. The highest BCUT2D eigenvalue weighted by Gasteiger charge is 2.54. The molecule has 1 aliphatic carbocycles. The second-order valence-electron chi connectivity index (χ2n) is 4.67. The van der Waals surface area contributed by atoms with E-state index in [4.69, 9.17) is 4.74 Å². The van der Waals surface area contributed by atoms with Crippen LogP contribution in [0.1, 0.15) is 24.2 Å². The summed E-state index contributed by atoms with van der Waals surface area (Å²) in [5.41, 5.74) is 2.39. The van der Waals surface area contributed by atoms with Crippen molar-refractivity contribution in [2.75, 3.05) is 0 Å². The number of rotatable bonds is 1. The van der Waals surface area contributed by atoms with Gasteiger partial charge in [0.05, 0.1) is 0 Å². The maximum atomic E-state index is 5.83. The maximum absolute atomic E-state index is 5.83. The van der Waals surface area contributed by atoms with Crippen LogP contribution in [0, 0.1) is 12.8 Å². The zero-order valence-electron chi connectivity index (χ0n) is 9.60. The molecule has 0 aromatic heterocycles. The van der Waals surface area contributed by atoms with Gasteiger partial charge in [-0.05, 0) is 24.6 Å². The Morgan fingerprint density at radius 2 is 1.62 bits per heavy atom. The molecule has 16 heavy (non-hydrogen) atoms. The average molecular weight is 211 g/mol. The second-order valence-corrected chi connectivity index (χ2v) is 4.67. The standard InChI is InChI=1S/C15H15O/c1-11-3-5-13(6-4-11)14-15(16-14)9-7-12(2)8-10-15/h3-10,14H,1-2H3. The molecule has 2 aliphatic rings. The Balaban J connectivity index is 1.83. The number of allylic oxidation sites excluding steroid dienone is 2. The summed E-state index contributed by atoms with van der Waals surface area (Å²) in [4.78, 5) is 0. The zero-order valence-corrected chi connectivity index (χ0v) is 9.60. The van der Waals surface area contributed by atoms with Gasteiger partial charge in [0.1, 0.15) is 11.7 Å². The fourth-order valence-electron chi connectivity index (χ4n) is 2.13. The van der Waals surface area contributed by atoms with Crippen LogP contribution >= 0.6 is 0 Å². The van der Waals surface area contributed by atoms with Gasteiger partial charge in [0, 0.05) is 5.92 Å². The van der Waals surface area contributed by atoms with E-state index in [9.17, 15) is 0 Å². The Labute approximate surface area is 96.4 Å². The maximum Gasteiger partial charge on any atom is 0.136 e. The fraction of sp³-hybridized carbons (Fsp3) is 0.267. The monoisotopic (exact) mass is 211 g/mol. The molecular formula is C15H15O. The van der Waals surface area contributed by atoms with Gasteiger partial charge in [0.25, 0.3) is 0 Å². The molecule has 1 fully saturated rings. The molecule has 1 atom stereocenters. The Bertz CT molecular complexity index is 439. The van der Waals surface area contributed by atoms with E-state index in [1.54, 1.807) is 0 Å². The number of ether oxygens (including phenoxy) is 1. The molecule has 81 valence electrons. The summed E-state index contributed by atoms with van der Waals surface area (Å²) >= 11 is 0. The molecule has 1 saturated heterocycles. The van der Waals surface area contributed by atoms with Crippen LogP contribution in [0.4, 0.5) is 0 Å². The third-order valence-electron chi connectivity index (χ3n) is 3.27. The lowest BCUT2D eigenvalue weighted by Gasteiger charge is -2.09. The van der Waals surface area contributed by atoms with Crippen molar-refractivity contribution in [2.45, 2.75) is 25.6 Å². The Hall–Kier alpha value is -1.34. The SMILES string of the molecule is C[C]1C=CC2(C=C1)OC2c1ccc(C)cc1. The molecule has 1 aromatic rings. The molecular weight excluding hydrogens is 196 g/mol. The molecule has 1 nitrogen and oxygen atoms in total. The molecule has 1 unspecified atom stereocenters. The van der Waals surface area contributed by atoms with Crippen molar-refractivity contribution in [1.82, 2.24) is 0 Å². The third kappa shape index (κ3) is 1.52. The van der Waals surface area contributed by atoms with E-state index in [-0.39, 0.29) is 11.7 Å². The molecule has 3 rings (SSSR count). The van der Waals surface area contributed by atoms with Gasteiger partial charge < -0.3 is 4.74 Å². The van der Waals surface area contributed by atoms with E-state index in [0.29, 0.717) is 0 Å². The van der Waals surface area contributed by atoms with Gasteiger partial charge in [-0.1, -0.05) is 48.9 Å². The van der Waals surface area contributed by atoms with Gasteiger partial charge in [0.15, 0.2) is 0 Å². The van der Waals surface area contributed by atoms with Crippen molar-refractivity contribution >= 4 is 0 Å². The fourth-order valence-corrected chi connectivity index (χ4v) is 2.13. The van der Waals surface area contributed by atoms with Crippen molar-refractivity contribution in [3.63, 3.8) is 0 Å². The number of hydrogen-bond acceptors (Lipinski definition) is 1. The van der Waals surface area contributed by atoms with Gasteiger partial charge in [-0.25, -0.2) is 0 Å². The molecule has 0 bridgehead atoms. The van der Waals surface area contributed by atoms with E-state index in [0.717, 1.165) is 0 Å². The lowest BCUT2D eigenvalue weighted by Crippen LogP contribution is -2.08. The van der Waals surface area contributed by atoms with Gasteiger partial charge >= 0.3 is 0 Å². The zero-order chi connectivity index (χ0) is 11.2. The molecule has 0 N–H and O–H groups in total. The van der Waals surface area contributed by atoms with Crippen molar-refractivity contribution in [2.24, 2.45) is 0 Å². The van der Waals surface area contributed by atoms with Crippen LogP contribution in [0.5, 0.6) is 0 Å². The summed E-state index contributed by atoms with van der Waals surface area (Å²) in [6.07, 6.45) is 8.79. The summed E-state index contributed by atoms with van der Waals surface area (Å²) in [5, 5.41) is 0. The quantitative estimate of drug-likeness (QED) is 0.647. The van der Waals surface area contributed by atoms with Crippen LogP contribution in [0.25, 0.3) is 0 Å². The van der Waals surface area contributed by atoms with Crippen LogP contribution in [-0.2, 0) is 4.74 Å². The second kappa shape index (κ2) is 3.33. The number of epoxide rings is 1. The molecule has 1 heterocycles. The average Bonchev–Trinajstić information content (AvgIpc) is 2.99. The summed E-state index contributed by atoms with van der Waals surface area (Å²) in [5.74, 6) is 1.28. The van der Waals surface area contributed by atoms with Crippen LogP contribution in [0.3, 0.4) is 0 Å². The lowest BCUT2D eigenvalue weighted by atomic mass is 9.91. The number of hydrogen-bond donors (Lipinski definition) is 0. The van der Waals surface area contributed by atoms with E-state index in [2.05, 4.69) is 62.4 Å². The highest BCUT2D eigenvalue weighted by atomic mass is 16.6. The highest BCUT2D eigenvalue weighted by Crippen LogP contribution is 2.53. The van der Waals surface area contributed by atoms with E-state index in [1.807, 2.05) is 0 Å². The molecule has 1 radical (unpaired) electrons. The van der Waals surface area contributed by atoms with Crippen molar-refractivity contribution in [3.8, 4) is 0 Å². The Morgan fingerprint density at radius 1 is 1.00 bits per heavy atom. The molecule has 1 heteroatoms. The Morgan fingerprint density at radius 3 is 2.25 bits per heavy atom. The van der Waals surface area contributed by atoms with Gasteiger partial charge in [-0.2, -0.15) is 0 Å². The van der Waals surface area contributed by atoms with Crippen molar-refractivity contribution in [3.05, 3.63) is 65.6 Å². The summed E-state index contributed by atoms with van der Waals surface area (Å²) in [7, 11) is 0. The summed E-state index contributed by atoms with van der Waals surface area (Å²) in [6, 6.07) is 8.58. The van der Waals surface area contributed by atoms with E-state index in [1.165, 1.54) is 17.0 Å². The van der Waals surface area contributed by atoms with Crippen LogP contribution in [0.2, 0.25) is 0 Å². The van der Waals surface area contributed by atoms with Gasteiger partial charge in [-0.15, -0.1) is 0 Å². The minimum absolute atomic E-state index is 0.158. The normalized spacial score (nSPS) is 26.2. The first kappa shape index (κ1) is 9.86. The van der Waals surface area contributed by atoms with Crippen LogP contribution in [0.15, 0.2) is 48.6 Å². The van der Waals surface area contributed by atoms with Crippen molar-refractivity contribution in [1.29, 1.82) is 0 Å². The summed E-state index contributed by atoms with van der Waals surface area (Å²) in [6.45, 7) is 4.20. The first-order valence-corrected chi connectivity index (χ1v) is 5.66. The minimum Gasteiger partial charge on any atom is -0.352 e. The predicted molar refractivity (Wildman–Crippen MR) is 64.9 cm³/mol. The van der Waals surface area contributed by atoms with Gasteiger partial charge in [0.2, 0.25) is 0 Å². The topological polar surface area (TPSA) is 12.5 Å². The lowest BCUT2D eigenvalue weighted by molar-refractivity contribution is 0.361. The van der Waals surface area contributed by atoms with Gasteiger partial charge in [-0.3, -0.25) is 0 Å². The molecule has 1 aliphatic heterocycles. The first-order valence-electron chi connectivity index (χ1n) is 5.66. The number of benzene rings is 1. The minimum atomic E-state index is -0.158. The largest absolute Gasteiger partial charge is 0.352 e. The molecule has 0 amide bonds. The van der Waals surface area contributed by atoms with E-state index >= 15 is 0 Å². The third-order valence-corrected chi connectivity index (χ3v) is 3.27. The highest BCUT2D eigenvalue weighted by molar-refractivity contribution is 5.43. The summed E-state index contributed by atoms with van der Waals surface area (Å²) < 4.78 is 5.83. The molecule has 1 aromatic carbocycles. The molecule has 1 spiro atoms. The Kier molecular flexibility index (Phi) is 2.05. The van der Waals surface area contributed by atoms with Crippen molar-refractivity contribution < 1.29 is 4.74 Å². The molecule has 0 saturated carbocycles. The van der Waals surface area contributed by atoms with Crippen LogP contribution in [-0.4, -0.2) is 5.60 Å².